The van der Waals surface area contributed by atoms with Gasteiger partial charge in [-0.05, 0) is 6.92 Å². The maximum Gasteiger partial charge on any atom is 0.0938 e. The van der Waals surface area contributed by atoms with Crippen molar-refractivity contribution in [3.63, 3.8) is 0 Å². The van der Waals surface area contributed by atoms with Crippen LogP contribution >= 0.6 is 0 Å². The van der Waals surface area contributed by atoms with E-state index in [0.717, 1.165) is 0 Å². The molecule has 0 bridgehead atoms. The third kappa shape index (κ3) is 2.02. The van der Waals surface area contributed by atoms with Crippen LogP contribution < -0.4 is 0 Å². The number of hydrogen-bond donors (Lipinski definition) is 1. The van der Waals surface area contributed by atoms with Gasteiger partial charge in [0.05, 0.1) is 6.04 Å². The van der Waals surface area contributed by atoms with E-state index < -0.39 is 0 Å². The van der Waals surface area contributed by atoms with Crippen LogP contribution in [0.4, 0.5) is 0 Å². The minimum Gasteiger partial charge on any atom is -0.396 e. The van der Waals surface area contributed by atoms with Crippen molar-refractivity contribution in [3.8, 4) is 0 Å². The molecule has 0 aromatic carbocycles. The van der Waals surface area contributed by atoms with Gasteiger partial charge in [0.2, 0.25) is 0 Å². The van der Waals surface area contributed by atoms with E-state index in [1.807, 2.05) is 0 Å². The summed E-state index contributed by atoms with van der Waals surface area (Å²) in [6, 6.07) is -0.264. The maximum absolute atomic E-state index is 9.74. The van der Waals surface area contributed by atoms with Gasteiger partial charge in [-0.25, -0.2) is 0 Å². The highest BCUT2D eigenvalue weighted by Crippen LogP contribution is 2.03. The monoisotopic (exact) mass is 117 g/mol. The Labute approximate surface area is 48.7 Å². The minimum absolute atomic E-state index is 0.00694. The number of hydrogen-bond acceptors (Lipinski definition) is 3. The van der Waals surface area contributed by atoms with Crippen molar-refractivity contribution in [2.24, 2.45) is 11.1 Å². The van der Waals surface area contributed by atoms with Gasteiger partial charge in [0, 0.05) is 12.5 Å². The predicted octanol–water partition coefficient (Wildman–Crippen LogP) is 0.770. The summed E-state index contributed by atoms with van der Waals surface area (Å²) in [6.07, 6.45) is 0. The molecule has 0 rings (SSSR count). The van der Waals surface area contributed by atoms with Gasteiger partial charge >= 0.3 is 0 Å². The van der Waals surface area contributed by atoms with Crippen LogP contribution in [-0.2, 0) is 0 Å². The summed E-state index contributed by atoms with van der Waals surface area (Å²) in [5.74, 6) is -0.00694. The van der Waals surface area contributed by atoms with Crippen molar-refractivity contribution in [2.45, 2.75) is 19.9 Å². The average molecular weight is 117 g/mol. The zero-order valence-corrected chi connectivity index (χ0v) is 5.16. The molecule has 0 aliphatic carbocycles. The lowest BCUT2D eigenvalue weighted by atomic mass is 10.1. The van der Waals surface area contributed by atoms with E-state index in [4.69, 9.17) is 5.11 Å². The number of aliphatic hydroxyl groups is 1. The Kier molecular flexibility index (Phi) is 3.35. The number of nitrogens with zero attached hydrogens (tertiary/aromatic N) is 1. The summed E-state index contributed by atoms with van der Waals surface area (Å²) in [6.45, 7) is 3.51. The van der Waals surface area contributed by atoms with E-state index >= 15 is 0 Å². The SMILES string of the molecule is CC(CO)C(C)N=O. The molecule has 0 saturated heterocycles. The molecule has 3 heteroatoms. The molecule has 0 heterocycles. The normalized spacial score (nSPS) is 17.4. The van der Waals surface area contributed by atoms with E-state index in [2.05, 4.69) is 5.18 Å². The first kappa shape index (κ1) is 7.56. The first-order valence-electron chi connectivity index (χ1n) is 2.65. The second-order valence-electron chi connectivity index (χ2n) is 2.01. The van der Waals surface area contributed by atoms with E-state index in [0.29, 0.717) is 0 Å². The van der Waals surface area contributed by atoms with Crippen molar-refractivity contribution in [1.29, 1.82) is 0 Å². The zero-order valence-electron chi connectivity index (χ0n) is 5.16. The largest absolute Gasteiger partial charge is 0.396 e. The van der Waals surface area contributed by atoms with E-state index in [-0.39, 0.29) is 18.6 Å². The number of nitroso groups, excluding NO2 is 1. The van der Waals surface area contributed by atoms with Gasteiger partial charge in [0.15, 0.2) is 0 Å². The smallest absolute Gasteiger partial charge is 0.0938 e. The zero-order chi connectivity index (χ0) is 6.57. The van der Waals surface area contributed by atoms with Gasteiger partial charge in [-0.15, -0.1) is 0 Å². The molecule has 0 aromatic rings. The van der Waals surface area contributed by atoms with Crippen LogP contribution in [0.1, 0.15) is 13.8 Å². The van der Waals surface area contributed by atoms with Crippen LogP contribution in [0.2, 0.25) is 0 Å². The van der Waals surface area contributed by atoms with Gasteiger partial charge in [-0.3, -0.25) is 0 Å². The third-order valence-electron chi connectivity index (χ3n) is 1.28. The molecule has 1 N–H and O–H groups in total. The van der Waals surface area contributed by atoms with Crippen LogP contribution in [0.15, 0.2) is 5.18 Å². The fourth-order valence-corrected chi connectivity index (χ4v) is 0.256. The molecule has 8 heavy (non-hydrogen) atoms. The van der Waals surface area contributed by atoms with Gasteiger partial charge in [0.1, 0.15) is 0 Å². The van der Waals surface area contributed by atoms with Gasteiger partial charge in [-0.2, -0.15) is 4.91 Å². The highest BCUT2D eigenvalue weighted by molar-refractivity contribution is 4.64. The minimum atomic E-state index is -0.264. The second-order valence-corrected chi connectivity index (χ2v) is 2.01. The molecular weight excluding hydrogens is 106 g/mol. The Morgan fingerprint density at radius 3 is 2.25 bits per heavy atom. The topological polar surface area (TPSA) is 49.7 Å². The first-order valence-corrected chi connectivity index (χ1v) is 2.65. The molecule has 0 aromatic heterocycles. The number of rotatable bonds is 3. The Hall–Kier alpha value is -0.440. The Morgan fingerprint density at radius 2 is 2.12 bits per heavy atom. The summed E-state index contributed by atoms with van der Waals surface area (Å²) < 4.78 is 0. The highest BCUT2D eigenvalue weighted by Gasteiger charge is 2.09. The molecular formula is C5H11NO2. The molecule has 0 aliphatic rings. The molecule has 48 valence electrons. The van der Waals surface area contributed by atoms with Gasteiger partial charge in [-0.1, -0.05) is 12.1 Å². The Balaban J connectivity index is 3.44. The van der Waals surface area contributed by atoms with Crippen molar-refractivity contribution >= 4 is 0 Å². The van der Waals surface area contributed by atoms with Crippen LogP contribution in [-0.4, -0.2) is 17.8 Å². The molecule has 0 saturated carbocycles. The second kappa shape index (κ2) is 3.55. The molecule has 2 unspecified atom stereocenters. The summed E-state index contributed by atoms with van der Waals surface area (Å²) in [4.78, 5) is 9.74. The third-order valence-corrected chi connectivity index (χ3v) is 1.28. The molecule has 2 atom stereocenters. The van der Waals surface area contributed by atoms with Crippen LogP contribution in [0.3, 0.4) is 0 Å². The Bertz CT molecular complexity index is 74.8. The average Bonchev–Trinajstić information content (AvgIpc) is 1.84. The molecule has 0 fully saturated rings. The van der Waals surface area contributed by atoms with E-state index in [1.165, 1.54) is 0 Å². The fourth-order valence-electron chi connectivity index (χ4n) is 0.256. The van der Waals surface area contributed by atoms with Gasteiger partial charge in [0.25, 0.3) is 0 Å². The van der Waals surface area contributed by atoms with Crippen molar-refractivity contribution < 1.29 is 5.11 Å². The molecule has 0 spiro atoms. The lowest BCUT2D eigenvalue weighted by Crippen LogP contribution is -2.14. The summed E-state index contributed by atoms with van der Waals surface area (Å²) in [7, 11) is 0. The fraction of sp³-hybridized carbons (Fsp3) is 1.00. The molecule has 3 nitrogen and oxygen atoms in total. The first-order chi connectivity index (χ1) is 3.72. The standard InChI is InChI=1S/C5H11NO2/c1-4(3-7)5(2)6-8/h4-5,7H,3H2,1-2H3. The number of aliphatic hydroxyl groups excluding tert-OH is 1. The van der Waals surface area contributed by atoms with Crippen LogP contribution in [0.25, 0.3) is 0 Å². The lowest BCUT2D eigenvalue weighted by Gasteiger charge is -2.07. The maximum atomic E-state index is 9.74. The van der Waals surface area contributed by atoms with Crippen LogP contribution in [0.5, 0.6) is 0 Å². The molecule has 0 amide bonds. The van der Waals surface area contributed by atoms with E-state index in [1.54, 1.807) is 13.8 Å². The van der Waals surface area contributed by atoms with Crippen molar-refractivity contribution in [2.75, 3.05) is 6.61 Å². The summed E-state index contributed by atoms with van der Waals surface area (Å²) in [5.41, 5.74) is 0. The van der Waals surface area contributed by atoms with Crippen molar-refractivity contribution in [3.05, 3.63) is 4.91 Å². The summed E-state index contributed by atoms with van der Waals surface area (Å²) in [5, 5.41) is 11.2. The highest BCUT2D eigenvalue weighted by atomic mass is 16.3. The molecule has 0 radical (unpaired) electrons. The lowest BCUT2D eigenvalue weighted by molar-refractivity contribution is 0.221. The quantitative estimate of drug-likeness (QED) is 0.555. The van der Waals surface area contributed by atoms with E-state index in [9.17, 15) is 4.91 Å². The molecule has 0 aliphatic heterocycles. The summed E-state index contributed by atoms with van der Waals surface area (Å²) >= 11 is 0. The van der Waals surface area contributed by atoms with Gasteiger partial charge < -0.3 is 5.11 Å². The van der Waals surface area contributed by atoms with Crippen LogP contribution in [0, 0.1) is 10.8 Å². The Morgan fingerprint density at radius 1 is 1.62 bits per heavy atom. The predicted molar refractivity (Wildman–Crippen MR) is 31.5 cm³/mol. The van der Waals surface area contributed by atoms with Crippen molar-refractivity contribution in [1.82, 2.24) is 0 Å².